The number of aromatic nitrogens is 2. The van der Waals surface area contributed by atoms with Crippen molar-refractivity contribution in [3.8, 4) is 6.07 Å². The van der Waals surface area contributed by atoms with Gasteiger partial charge < -0.3 is 5.21 Å². The van der Waals surface area contributed by atoms with Crippen LogP contribution < -0.4 is 4.73 Å². The minimum atomic E-state index is 0.195. The van der Waals surface area contributed by atoms with Crippen LogP contribution in [0.1, 0.15) is 16.8 Å². The maximum Gasteiger partial charge on any atom is 0.286 e. The van der Waals surface area contributed by atoms with Gasteiger partial charge in [-0.05, 0) is 74.5 Å². The summed E-state index contributed by atoms with van der Waals surface area (Å²) in [5.74, 6) is 0. The molecule has 2 rings (SSSR count). The van der Waals surface area contributed by atoms with Gasteiger partial charge in [0.25, 0.3) is 5.15 Å². The minimum Gasteiger partial charge on any atom is -0.618 e. The van der Waals surface area contributed by atoms with E-state index < -0.39 is 0 Å². The quantitative estimate of drug-likeness (QED) is 0.329. The normalized spacial score (nSPS) is 9.57. The third-order valence-electron chi connectivity index (χ3n) is 2.37. The fourth-order valence-corrected chi connectivity index (χ4v) is 2.32. The van der Waals surface area contributed by atoms with Crippen molar-refractivity contribution in [3.05, 3.63) is 59.6 Å². The molecule has 0 fully saturated rings. The van der Waals surface area contributed by atoms with E-state index >= 15 is 0 Å². The summed E-state index contributed by atoms with van der Waals surface area (Å²) in [5.41, 5.74) is 2.20. The van der Waals surface area contributed by atoms with Crippen molar-refractivity contribution < 1.29 is 4.73 Å². The number of nitriles is 1. The molecule has 0 saturated carbocycles. The zero-order valence-corrected chi connectivity index (χ0v) is 15.7. The minimum absolute atomic E-state index is 0.195. The van der Waals surface area contributed by atoms with Crippen LogP contribution in [0.4, 0.5) is 0 Å². The Balaban J connectivity index is 0.000000211. The van der Waals surface area contributed by atoms with Gasteiger partial charge in [-0.15, -0.1) is 0 Å². The highest BCUT2D eigenvalue weighted by atomic mass is 79.9. The van der Waals surface area contributed by atoms with Crippen molar-refractivity contribution >= 4 is 55.1 Å². The summed E-state index contributed by atoms with van der Waals surface area (Å²) in [6.45, 7) is 3.73. The van der Waals surface area contributed by atoms with Gasteiger partial charge >= 0.3 is 0 Å². The van der Waals surface area contributed by atoms with Crippen LogP contribution in [0.5, 0.6) is 0 Å². The van der Waals surface area contributed by atoms with Crippen LogP contribution >= 0.6 is 55.1 Å². The van der Waals surface area contributed by atoms with Gasteiger partial charge in [-0.3, -0.25) is 0 Å². The standard InChI is InChI=1S/C7H4BrClN2.C6H5BrClNO/c1-4-2-6(9)11-5(3-10)7(4)8;1-4-2-6(8)9(10)3-5(4)7/h2H,1H3;2-3H,1H3. The van der Waals surface area contributed by atoms with Crippen molar-refractivity contribution in [1.82, 2.24) is 4.98 Å². The number of aryl methyl sites for hydroxylation is 2. The third-order valence-corrected chi connectivity index (χ3v) is 4.67. The van der Waals surface area contributed by atoms with Crippen LogP contribution in [0.2, 0.25) is 10.3 Å². The lowest BCUT2D eigenvalue weighted by molar-refractivity contribution is -0.603. The average Bonchev–Trinajstić information content (AvgIpc) is 2.41. The summed E-state index contributed by atoms with van der Waals surface area (Å²) in [4.78, 5) is 3.81. The second kappa shape index (κ2) is 7.95. The molecule has 2 aromatic heterocycles. The summed E-state index contributed by atoms with van der Waals surface area (Å²) in [5, 5.41) is 19.9. The Hall–Kier alpha value is -0.870. The first-order valence-corrected chi connectivity index (χ1v) is 7.88. The van der Waals surface area contributed by atoms with Crippen molar-refractivity contribution in [3.63, 3.8) is 0 Å². The third kappa shape index (κ3) is 5.11. The number of pyridine rings is 2. The van der Waals surface area contributed by atoms with Gasteiger partial charge in [0, 0.05) is 6.07 Å². The summed E-state index contributed by atoms with van der Waals surface area (Å²) < 4.78 is 2.09. The monoisotopic (exact) mass is 451 g/mol. The van der Waals surface area contributed by atoms with E-state index in [-0.39, 0.29) is 5.15 Å². The molecule has 110 valence electrons. The number of hydrogen-bond acceptors (Lipinski definition) is 3. The van der Waals surface area contributed by atoms with Gasteiger partial charge in [0.1, 0.15) is 11.2 Å². The Morgan fingerprint density at radius 2 is 1.86 bits per heavy atom. The SMILES string of the molecule is Cc1cc(Cl)[n+]([O-])cc1Br.Cc1cc(Cl)nc(C#N)c1Br. The molecule has 0 aliphatic carbocycles. The maximum atomic E-state index is 10.7. The van der Waals surface area contributed by atoms with Gasteiger partial charge in [0.05, 0.1) is 8.95 Å². The van der Waals surface area contributed by atoms with Crippen LogP contribution in [0, 0.1) is 30.4 Å². The van der Waals surface area contributed by atoms with E-state index in [1.807, 2.05) is 19.9 Å². The van der Waals surface area contributed by atoms with Gasteiger partial charge in [-0.2, -0.15) is 9.99 Å². The highest BCUT2D eigenvalue weighted by molar-refractivity contribution is 9.10. The van der Waals surface area contributed by atoms with Gasteiger partial charge in [-0.1, -0.05) is 11.6 Å². The fraction of sp³-hybridized carbons (Fsp3) is 0.154. The van der Waals surface area contributed by atoms with E-state index in [4.69, 9.17) is 28.5 Å². The zero-order chi connectivity index (χ0) is 16.2. The largest absolute Gasteiger partial charge is 0.618 e. The molecule has 4 nitrogen and oxygen atoms in total. The lowest BCUT2D eigenvalue weighted by Gasteiger charge is -2.00. The molecule has 0 unspecified atom stereocenters. The molecular weight excluding hydrogens is 445 g/mol. The van der Waals surface area contributed by atoms with Crippen LogP contribution in [-0.2, 0) is 0 Å². The molecule has 0 aliphatic heterocycles. The van der Waals surface area contributed by atoms with E-state index in [1.165, 1.54) is 6.20 Å². The summed E-state index contributed by atoms with van der Waals surface area (Å²) in [7, 11) is 0. The molecule has 0 atom stereocenters. The molecule has 8 heteroatoms. The molecule has 0 radical (unpaired) electrons. The summed E-state index contributed by atoms with van der Waals surface area (Å²) in [6.07, 6.45) is 1.39. The molecule has 0 amide bonds. The Labute approximate surface area is 149 Å². The van der Waals surface area contributed by atoms with Crippen LogP contribution in [0.3, 0.4) is 0 Å². The first kappa shape index (κ1) is 18.2. The predicted molar refractivity (Wildman–Crippen MR) is 89.2 cm³/mol. The maximum absolute atomic E-state index is 10.7. The highest BCUT2D eigenvalue weighted by Gasteiger charge is 2.05. The van der Waals surface area contributed by atoms with Crippen LogP contribution in [0.15, 0.2) is 27.3 Å². The molecule has 0 saturated heterocycles. The predicted octanol–water partition coefficient (Wildman–Crippen LogP) is 4.72. The van der Waals surface area contributed by atoms with Crippen LogP contribution in [0.25, 0.3) is 0 Å². The highest BCUT2D eigenvalue weighted by Crippen LogP contribution is 2.21. The van der Waals surface area contributed by atoms with Crippen molar-refractivity contribution in [2.75, 3.05) is 0 Å². The molecule has 0 spiro atoms. The van der Waals surface area contributed by atoms with E-state index in [1.54, 1.807) is 12.1 Å². The number of halogens is 4. The topological polar surface area (TPSA) is 63.6 Å². The first-order chi connectivity index (χ1) is 9.76. The van der Waals surface area contributed by atoms with Gasteiger partial charge in [-0.25, -0.2) is 4.98 Å². The summed E-state index contributed by atoms with van der Waals surface area (Å²) >= 11 is 17.6. The van der Waals surface area contributed by atoms with E-state index in [0.29, 0.717) is 20.1 Å². The smallest absolute Gasteiger partial charge is 0.286 e. The molecule has 0 aliphatic rings. The lowest BCUT2D eigenvalue weighted by Crippen LogP contribution is -2.26. The lowest BCUT2D eigenvalue weighted by atomic mass is 10.2. The van der Waals surface area contributed by atoms with E-state index in [2.05, 4.69) is 36.8 Å². The number of rotatable bonds is 0. The van der Waals surface area contributed by atoms with Gasteiger partial charge in [0.2, 0.25) is 0 Å². The Kier molecular flexibility index (Phi) is 6.88. The zero-order valence-electron chi connectivity index (χ0n) is 11.0. The molecule has 2 heterocycles. The second-order valence-electron chi connectivity index (χ2n) is 3.99. The Morgan fingerprint density at radius 1 is 1.24 bits per heavy atom. The number of hydrogen-bond donors (Lipinski definition) is 0. The fourth-order valence-electron chi connectivity index (χ4n) is 1.27. The average molecular weight is 454 g/mol. The first-order valence-electron chi connectivity index (χ1n) is 5.53. The Bertz CT molecular complexity index is 667. The Morgan fingerprint density at radius 3 is 2.38 bits per heavy atom. The second-order valence-corrected chi connectivity index (χ2v) is 6.41. The van der Waals surface area contributed by atoms with Crippen molar-refractivity contribution in [1.29, 1.82) is 5.26 Å². The van der Waals surface area contributed by atoms with Gasteiger partial charge in [0.15, 0.2) is 11.9 Å². The van der Waals surface area contributed by atoms with Crippen molar-refractivity contribution in [2.24, 2.45) is 0 Å². The molecule has 2 aromatic rings. The molecule has 0 bridgehead atoms. The van der Waals surface area contributed by atoms with E-state index in [0.717, 1.165) is 15.6 Å². The van der Waals surface area contributed by atoms with Crippen LogP contribution in [-0.4, -0.2) is 4.98 Å². The molecule has 21 heavy (non-hydrogen) atoms. The number of nitrogens with zero attached hydrogens (tertiary/aromatic N) is 3. The van der Waals surface area contributed by atoms with Crippen molar-refractivity contribution in [2.45, 2.75) is 13.8 Å². The summed E-state index contributed by atoms with van der Waals surface area (Å²) in [6, 6.07) is 5.25. The molecular formula is C13H9Br2Cl2N3O. The molecule has 0 aromatic carbocycles. The van der Waals surface area contributed by atoms with E-state index in [9.17, 15) is 5.21 Å². The molecule has 0 N–H and O–H groups in total.